The number of ether oxygens (including phenoxy) is 2. The summed E-state index contributed by atoms with van der Waals surface area (Å²) in [5.41, 5.74) is 4.60. The molecule has 0 N–H and O–H groups in total. The van der Waals surface area contributed by atoms with Gasteiger partial charge in [0.25, 0.3) is 0 Å². The minimum Gasteiger partial charge on any atom is -0.497 e. The monoisotopic (exact) mass is 580 g/mol. The topological polar surface area (TPSA) is 94.2 Å². The number of hydrogen-bond donors (Lipinski definition) is 0. The normalized spacial score (nSPS) is 14.8. The molecule has 0 unspecified atom stereocenters. The van der Waals surface area contributed by atoms with Crippen molar-refractivity contribution in [1.82, 2.24) is 14.8 Å². The van der Waals surface area contributed by atoms with Gasteiger partial charge < -0.3 is 9.47 Å². The number of alkyl halides is 3. The molecule has 0 radical (unpaired) electrons. The number of nitrogens with zero attached hydrogens (tertiary/aromatic N) is 6. The minimum absolute atomic E-state index is 0.0674. The zero-order chi connectivity index (χ0) is 29.1. The zero-order valence-corrected chi connectivity index (χ0v) is 22.9. The number of thioether (sulfide) groups is 1. The predicted octanol–water partition coefficient (Wildman–Crippen LogP) is 5.93. The maximum Gasteiger partial charge on any atom is 0.573 e. The lowest BCUT2D eigenvalue weighted by Crippen LogP contribution is -2.30. The van der Waals surface area contributed by atoms with E-state index in [1.165, 1.54) is 47.0 Å². The van der Waals surface area contributed by atoms with Crippen molar-refractivity contribution in [1.29, 1.82) is 0 Å². The summed E-state index contributed by atoms with van der Waals surface area (Å²) >= 11 is 1.32. The highest BCUT2D eigenvalue weighted by atomic mass is 32.2. The summed E-state index contributed by atoms with van der Waals surface area (Å²) in [5.74, 6) is 1.05. The van der Waals surface area contributed by atoms with E-state index in [1.54, 1.807) is 18.2 Å². The Kier molecular flexibility index (Phi) is 7.79. The van der Waals surface area contributed by atoms with E-state index in [1.807, 2.05) is 50.2 Å². The number of aromatic nitrogens is 3. The van der Waals surface area contributed by atoms with Crippen LogP contribution in [0.5, 0.6) is 11.5 Å². The third-order valence-electron chi connectivity index (χ3n) is 6.03. The summed E-state index contributed by atoms with van der Waals surface area (Å²) in [6.45, 7) is 3.84. The van der Waals surface area contributed by atoms with Crippen molar-refractivity contribution in [3.8, 4) is 28.6 Å². The van der Waals surface area contributed by atoms with Crippen LogP contribution in [0.1, 0.15) is 16.7 Å². The molecule has 0 aliphatic carbocycles. The molecule has 3 aromatic carbocycles. The van der Waals surface area contributed by atoms with Gasteiger partial charge in [0.2, 0.25) is 5.91 Å². The summed E-state index contributed by atoms with van der Waals surface area (Å²) < 4.78 is 47.8. The fraction of sp³-hybridized carbons (Fsp3) is 0.179. The lowest BCUT2D eigenvalue weighted by atomic mass is 10.1. The molecule has 9 nitrogen and oxygen atoms in total. The molecule has 1 aliphatic heterocycles. The molecule has 1 fully saturated rings. The fourth-order valence-corrected chi connectivity index (χ4v) is 5.03. The lowest BCUT2D eigenvalue weighted by Gasteiger charge is -2.21. The molecule has 5 rings (SSSR count). The van der Waals surface area contributed by atoms with Crippen molar-refractivity contribution in [3.63, 3.8) is 0 Å². The molecular formula is C28H23F3N6O3S. The Morgan fingerprint density at radius 1 is 1.00 bits per heavy atom. The van der Waals surface area contributed by atoms with Crippen molar-refractivity contribution >= 4 is 34.7 Å². The van der Waals surface area contributed by atoms with E-state index < -0.39 is 6.36 Å². The van der Waals surface area contributed by atoms with Crippen LogP contribution in [0.2, 0.25) is 0 Å². The van der Waals surface area contributed by atoms with Gasteiger partial charge in [-0.15, -0.1) is 23.4 Å². The van der Waals surface area contributed by atoms with E-state index >= 15 is 0 Å². The number of methoxy groups -OCH3 is 1. The fourth-order valence-electron chi connectivity index (χ4n) is 4.23. The predicted molar refractivity (Wildman–Crippen MR) is 151 cm³/mol. The van der Waals surface area contributed by atoms with Crippen molar-refractivity contribution < 1.29 is 27.4 Å². The maximum atomic E-state index is 12.7. The van der Waals surface area contributed by atoms with Crippen LogP contribution in [0.25, 0.3) is 17.1 Å². The molecular weight excluding hydrogens is 557 g/mol. The summed E-state index contributed by atoms with van der Waals surface area (Å²) in [7, 11) is 1.60. The van der Waals surface area contributed by atoms with Crippen LogP contribution >= 0.6 is 11.8 Å². The summed E-state index contributed by atoms with van der Waals surface area (Å²) in [4.78, 5) is 18.6. The molecule has 1 aromatic heterocycles. The Bertz CT molecular complexity index is 1610. The zero-order valence-electron chi connectivity index (χ0n) is 22.1. The van der Waals surface area contributed by atoms with Crippen molar-refractivity contribution in [2.45, 2.75) is 20.2 Å². The van der Waals surface area contributed by atoms with Crippen LogP contribution in [0.4, 0.5) is 18.9 Å². The average Bonchev–Trinajstić information content (AvgIpc) is 3.56. The van der Waals surface area contributed by atoms with Gasteiger partial charge in [0.1, 0.15) is 17.8 Å². The molecule has 1 amide bonds. The van der Waals surface area contributed by atoms with E-state index in [9.17, 15) is 18.0 Å². The van der Waals surface area contributed by atoms with Gasteiger partial charge in [-0.3, -0.25) is 9.69 Å². The highest BCUT2D eigenvalue weighted by Crippen LogP contribution is 2.35. The van der Waals surface area contributed by atoms with Crippen LogP contribution in [0, 0.1) is 13.8 Å². The van der Waals surface area contributed by atoms with Gasteiger partial charge in [-0.2, -0.15) is 5.10 Å². The van der Waals surface area contributed by atoms with Gasteiger partial charge in [-0.25, -0.2) is 9.67 Å². The van der Waals surface area contributed by atoms with Crippen molar-refractivity contribution in [3.05, 3.63) is 83.7 Å². The van der Waals surface area contributed by atoms with Gasteiger partial charge in [0.05, 0.1) is 30.5 Å². The van der Waals surface area contributed by atoms with Crippen LogP contribution in [-0.4, -0.2) is 51.3 Å². The Morgan fingerprint density at radius 3 is 2.32 bits per heavy atom. The van der Waals surface area contributed by atoms with Crippen molar-refractivity contribution in [2.24, 2.45) is 10.2 Å². The molecule has 0 spiro atoms. The van der Waals surface area contributed by atoms with Gasteiger partial charge in [-0.1, -0.05) is 36.0 Å². The van der Waals surface area contributed by atoms with Gasteiger partial charge in [0, 0.05) is 5.56 Å². The lowest BCUT2D eigenvalue weighted by molar-refractivity contribution is -0.274. The van der Waals surface area contributed by atoms with Crippen LogP contribution in [0.3, 0.4) is 0 Å². The van der Waals surface area contributed by atoms with Crippen LogP contribution in [-0.2, 0) is 4.79 Å². The first-order chi connectivity index (χ1) is 19.6. The first-order valence-electron chi connectivity index (χ1n) is 12.2. The Morgan fingerprint density at radius 2 is 1.68 bits per heavy atom. The third-order valence-corrected chi connectivity index (χ3v) is 6.95. The number of halogens is 3. The first-order valence-corrected chi connectivity index (χ1v) is 13.2. The second-order valence-electron chi connectivity index (χ2n) is 8.93. The molecule has 2 heterocycles. The number of carbonyl (C=O) groups is 1. The maximum absolute atomic E-state index is 12.7. The molecule has 13 heteroatoms. The van der Waals surface area contributed by atoms with E-state index in [4.69, 9.17) is 4.74 Å². The molecule has 0 atom stereocenters. The number of benzene rings is 3. The Balaban J connectivity index is 1.28. The van der Waals surface area contributed by atoms with Crippen molar-refractivity contribution in [2.75, 3.05) is 17.8 Å². The molecule has 210 valence electrons. The SMILES string of the molecule is COc1cc(C)c(N2C(=O)CS/C2=N\N=C\c2ccc(-c3ncn(-c4ccc(OC(F)(F)F)cc4)n3)cc2)c(C)c1. The smallest absolute Gasteiger partial charge is 0.497 e. The number of amidine groups is 1. The standard InChI is InChI=1S/C28H23F3N6O3S/c1-17-12-23(39-3)13-18(2)25(17)37-24(38)15-41-27(37)34-33-14-19-4-6-20(7-5-19)26-32-16-36(35-26)21-8-10-22(11-9-21)40-28(29,30)31/h4-14,16H,15H2,1-3H3/b33-14+,34-27-. The summed E-state index contributed by atoms with van der Waals surface area (Å²) in [5, 5.41) is 13.4. The molecule has 41 heavy (non-hydrogen) atoms. The second-order valence-corrected chi connectivity index (χ2v) is 9.87. The highest BCUT2D eigenvalue weighted by Gasteiger charge is 2.32. The number of amides is 1. The molecule has 0 saturated carbocycles. The van der Waals surface area contributed by atoms with Gasteiger partial charge in [-0.05, 0) is 66.9 Å². The number of rotatable bonds is 7. The second kappa shape index (κ2) is 11.5. The van der Waals surface area contributed by atoms with Gasteiger partial charge in [0.15, 0.2) is 11.0 Å². The minimum atomic E-state index is -4.75. The quantitative estimate of drug-likeness (QED) is 0.199. The highest BCUT2D eigenvalue weighted by molar-refractivity contribution is 8.15. The van der Waals surface area contributed by atoms with Crippen LogP contribution in [0.15, 0.2) is 77.2 Å². The molecule has 4 aromatic rings. The van der Waals surface area contributed by atoms with E-state index in [-0.39, 0.29) is 17.4 Å². The number of anilines is 1. The number of carbonyl (C=O) groups excluding carboxylic acids is 1. The van der Waals surface area contributed by atoms with Gasteiger partial charge >= 0.3 is 6.36 Å². The molecule has 1 aliphatic rings. The van der Waals surface area contributed by atoms with Crippen LogP contribution < -0.4 is 14.4 Å². The Labute approximate surface area is 237 Å². The molecule has 0 bridgehead atoms. The third kappa shape index (κ3) is 6.40. The number of hydrogen-bond acceptors (Lipinski definition) is 8. The summed E-state index contributed by atoms with van der Waals surface area (Å²) in [6.07, 6.45) is -1.70. The Hall–Kier alpha value is -4.65. The largest absolute Gasteiger partial charge is 0.573 e. The average molecular weight is 581 g/mol. The van der Waals surface area contributed by atoms with E-state index in [2.05, 4.69) is 25.0 Å². The molecule has 1 saturated heterocycles. The van der Waals surface area contributed by atoms with E-state index in [0.29, 0.717) is 16.7 Å². The summed E-state index contributed by atoms with van der Waals surface area (Å²) in [6, 6.07) is 16.4. The first kappa shape index (κ1) is 27.9. The number of aryl methyl sites for hydroxylation is 2. The van der Waals surface area contributed by atoms with E-state index in [0.717, 1.165) is 33.7 Å².